The van der Waals surface area contributed by atoms with Crippen molar-refractivity contribution in [3.8, 4) is 5.69 Å². The molecule has 72 heavy (non-hydrogen) atoms. The second-order valence-electron chi connectivity index (χ2n) is 21.0. The predicted molar refractivity (Wildman–Crippen MR) is 273 cm³/mol. The topological polar surface area (TPSA) is 148 Å². The van der Waals surface area contributed by atoms with Crippen LogP contribution in [0.25, 0.3) is 22.3 Å². The Labute approximate surface area is 418 Å². The summed E-state index contributed by atoms with van der Waals surface area (Å²) >= 11 is 0. The van der Waals surface area contributed by atoms with E-state index in [1.54, 1.807) is 39.9 Å². The first-order chi connectivity index (χ1) is 34.5. The lowest BCUT2D eigenvalue weighted by molar-refractivity contribution is -0.136. The highest BCUT2D eigenvalue weighted by atomic mass is 19.1. The number of pyridine rings is 2. The number of hydrogen-bond acceptors (Lipinski definition) is 10. The average Bonchev–Trinajstić information content (AvgIpc) is 3.80. The van der Waals surface area contributed by atoms with Gasteiger partial charge in [-0.3, -0.25) is 53.5 Å². The van der Waals surface area contributed by atoms with Crippen molar-refractivity contribution in [3.05, 3.63) is 123 Å². The fourth-order valence-corrected chi connectivity index (χ4v) is 11.9. The smallest absolute Gasteiger partial charge is 0.257 e. The number of anilines is 2. The summed E-state index contributed by atoms with van der Waals surface area (Å²) in [5.74, 6) is -2.29. The Morgan fingerprint density at radius 2 is 1.68 bits per heavy atom. The van der Waals surface area contributed by atoms with Gasteiger partial charge in [-0.1, -0.05) is 18.2 Å². The van der Waals surface area contributed by atoms with Crippen molar-refractivity contribution in [2.24, 2.45) is 13.0 Å². The van der Waals surface area contributed by atoms with Crippen molar-refractivity contribution in [3.63, 3.8) is 0 Å². The normalized spacial score (nSPS) is 21.8. The van der Waals surface area contributed by atoms with E-state index >= 15 is 8.78 Å². The molecular weight excluding hydrogens is 919 g/mol. The summed E-state index contributed by atoms with van der Waals surface area (Å²) in [7, 11) is 3.73. The Kier molecular flexibility index (Phi) is 13.3. The van der Waals surface area contributed by atoms with Crippen LogP contribution in [0.15, 0.2) is 77.9 Å². The zero-order chi connectivity index (χ0) is 50.7. The molecule has 10 rings (SSSR count). The van der Waals surface area contributed by atoms with Crippen molar-refractivity contribution in [2.45, 2.75) is 89.9 Å². The molecule has 5 aliphatic rings. The molecule has 3 saturated heterocycles. The van der Waals surface area contributed by atoms with E-state index in [2.05, 4.69) is 56.3 Å². The molecule has 0 spiro atoms. The van der Waals surface area contributed by atoms with Gasteiger partial charge >= 0.3 is 0 Å². The maximum Gasteiger partial charge on any atom is 0.257 e. The third-order valence-corrected chi connectivity index (χ3v) is 16.2. The number of amides is 4. The number of nitrogens with one attached hydrogen (secondary N) is 2. The van der Waals surface area contributed by atoms with Gasteiger partial charge in [-0.15, -0.1) is 0 Å². The van der Waals surface area contributed by atoms with Gasteiger partial charge < -0.3 is 14.8 Å². The summed E-state index contributed by atoms with van der Waals surface area (Å²) in [5, 5.41) is 6.24. The zero-order valence-electron chi connectivity index (χ0n) is 42.0. The first-order valence-electron chi connectivity index (χ1n) is 25.3. The van der Waals surface area contributed by atoms with Crippen LogP contribution < -0.4 is 21.1 Å². The summed E-state index contributed by atoms with van der Waals surface area (Å²) in [6.07, 6.45) is 7.89. The number of aryl methyl sites for hydroxylation is 1. The molecule has 5 aliphatic heterocycles. The molecule has 0 aliphatic carbocycles. The molecule has 5 aromatic rings. The second kappa shape index (κ2) is 19.5. The Bertz CT molecular complexity index is 3060. The van der Waals surface area contributed by atoms with E-state index in [0.717, 1.165) is 90.5 Å². The first-order valence-corrected chi connectivity index (χ1v) is 25.3. The lowest BCUT2D eigenvalue weighted by atomic mass is 9.85. The van der Waals surface area contributed by atoms with Crippen LogP contribution in [-0.2, 0) is 33.4 Å². The lowest BCUT2D eigenvalue weighted by Gasteiger charge is -2.42. The number of piperazine rings is 1. The van der Waals surface area contributed by atoms with Gasteiger partial charge in [-0.2, -0.15) is 0 Å². The highest BCUT2D eigenvalue weighted by Gasteiger charge is 2.49. The highest BCUT2D eigenvalue weighted by Crippen LogP contribution is 2.44. The number of fused-ring (bicyclic) bond motifs is 2. The summed E-state index contributed by atoms with van der Waals surface area (Å²) in [4.78, 5) is 80.1. The van der Waals surface area contributed by atoms with E-state index in [1.807, 2.05) is 55.8 Å². The number of aromatic nitrogens is 3. The maximum atomic E-state index is 15.9. The molecule has 2 N–H and O–H groups in total. The van der Waals surface area contributed by atoms with Gasteiger partial charge in [0.1, 0.15) is 23.3 Å². The molecule has 378 valence electrons. The van der Waals surface area contributed by atoms with Gasteiger partial charge in [-0.05, 0) is 112 Å². The number of piperidine rings is 2. The van der Waals surface area contributed by atoms with Crippen LogP contribution in [0.2, 0.25) is 0 Å². The van der Waals surface area contributed by atoms with Gasteiger partial charge in [0.25, 0.3) is 11.5 Å². The number of carbonyl (C=O) groups is 4. The number of likely N-dealkylation sites (tertiary alicyclic amines) is 1. The van der Waals surface area contributed by atoms with Crippen LogP contribution in [0.4, 0.5) is 20.2 Å². The number of rotatable bonds is 11. The van der Waals surface area contributed by atoms with E-state index < -0.39 is 29.0 Å². The minimum absolute atomic E-state index is 0.0257. The molecule has 8 heterocycles. The number of benzene rings is 2. The summed E-state index contributed by atoms with van der Waals surface area (Å²) in [6.45, 7) is 14.5. The Hall–Kier alpha value is -6.56. The van der Waals surface area contributed by atoms with Crippen LogP contribution in [0.1, 0.15) is 98.6 Å². The predicted octanol–water partition coefficient (Wildman–Crippen LogP) is 6.38. The van der Waals surface area contributed by atoms with Crippen LogP contribution in [-0.4, -0.2) is 129 Å². The minimum Gasteiger partial charge on any atom is -0.388 e. The molecule has 4 amide bonds. The number of hydrogen-bond donors (Lipinski definition) is 2. The number of carbonyl (C=O) groups excluding carboxylic acids is 4. The molecule has 1 unspecified atom stereocenters. The standard InChI is InChI=1S/C55H64F2N10O5/c1-33-30-62(31-36-7-8-45-41(25-36)55(3,4)54(72)67(45)46-9-10-48(68)60-52(46)70)23-24-65(33)32-35-12-18-64(19-13-35)53(71)38-26-42(56)50(43(57)27-38)37-14-20-63(21-15-37)34(2)47-29-40-44(11-17-59-51(40)61(47)6)66-22-16-39(58-5)28-49(66)69/h7-8,11,14,16-17,22,25-29,33-35,46,58H,9-10,12-13,15,18-21,23-24,30-32H2,1-6H3,(H,60,68,70)/t33-,34-,46?/m0/s1. The molecule has 3 atom stereocenters. The van der Waals surface area contributed by atoms with Gasteiger partial charge in [0, 0.05) is 144 Å². The number of halogens is 2. The van der Waals surface area contributed by atoms with Gasteiger partial charge in [0.2, 0.25) is 17.7 Å². The monoisotopic (exact) mass is 983 g/mol. The summed E-state index contributed by atoms with van der Waals surface area (Å²) < 4.78 is 35.5. The number of nitrogens with zero attached hydrogens (tertiary/aromatic N) is 8. The van der Waals surface area contributed by atoms with E-state index in [1.165, 1.54) is 12.1 Å². The van der Waals surface area contributed by atoms with Gasteiger partial charge in [-0.25, -0.2) is 13.8 Å². The fraction of sp³-hybridized carbons (Fsp3) is 0.455. The van der Waals surface area contributed by atoms with E-state index in [0.29, 0.717) is 56.6 Å². The maximum absolute atomic E-state index is 15.9. The van der Waals surface area contributed by atoms with E-state index in [4.69, 9.17) is 0 Å². The molecule has 3 fully saturated rings. The Morgan fingerprint density at radius 3 is 2.36 bits per heavy atom. The largest absolute Gasteiger partial charge is 0.388 e. The van der Waals surface area contributed by atoms with Crippen molar-refractivity contribution < 1.29 is 28.0 Å². The quantitative estimate of drug-likeness (QED) is 0.143. The zero-order valence-corrected chi connectivity index (χ0v) is 42.0. The van der Waals surface area contributed by atoms with Crippen molar-refractivity contribution in [1.29, 1.82) is 0 Å². The first kappa shape index (κ1) is 49.0. The van der Waals surface area contributed by atoms with Crippen LogP contribution in [0.3, 0.4) is 0 Å². The Balaban J connectivity index is 0.716. The lowest BCUT2D eigenvalue weighted by Crippen LogP contribution is -2.55. The fourth-order valence-electron chi connectivity index (χ4n) is 11.9. The summed E-state index contributed by atoms with van der Waals surface area (Å²) in [5.41, 5.74) is 5.52. The minimum atomic E-state index is -0.799. The SMILES string of the molecule is CNc1ccn(-c2ccnc3c2cc([C@H](C)N2CC=C(c4c(F)cc(C(=O)N5CCC(CN6CCN(Cc7ccc8c(c7)C(C)(C)C(=O)N8C7CCC(=O)NC7=O)C[C@@H]6C)CC5)cc4F)CC2)n3C)c(=O)c1. The third kappa shape index (κ3) is 9.04. The third-order valence-electron chi connectivity index (χ3n) is 16.2. The molecule has 17 heteroatoms. The van der Waals surface area contributed by atoms with Crippen molar-refractivity contribution in [2.75, 3.05) is 69.6 Å². The van der Waals surface area contributed by atoms with Crippen molar-refractivity contribution in [1.82, 2.24) is 39.0 Å². The van der Waals surface area contributed by atoms with Crippen LogP contribution >= 0.6 is 0 Å². The molecular formula is C55H64F2N10O5. The van der Waals surface area contributed by atoms with Crippen LogP contribution in [0.5, 0.6) is 0 Å². The molecule has 2 aromatic carbocycles. The molecule has 15 nitrogen and oxygen atoms in total. The van der Waals surface area contributed by atoms with E-state index in [9.17, 15) is 24.0 Å². The average molecular weight is 983 g/mol. The van der Waals surface area contributed by atoms with Crippen molar-refractivity contribution >= 4 is 51.6 Å². The highest BCUT2D eigenvalue weighted by molar-refractivity contribution is 6.13. The Morgan fingerprint density at radius 1 is 0.917 bits per heavy atom. The molecule has 0 saturated carbocycles. The van der Waals surface area contributed by atoms with Crippen LogP contribution in [0, 0.1) is 17.6 Å². The molecule has 3 aromatic heterocycles. The molecule has 0 bridgehead atoms. The second-order valence-corrected chi connectivity index (χ2v) is 21.0. The summed E-state index contributed by atoms with van der Waals surface area (Å²) in [6, 6.07) is 15.3. The molecule has 0 radical (unpaired) electrons. The van der Waals surface area contributed by atoms with E-state index in [-0.39, 0.29) is 46.9 Å². The number of imide groups is 1. The van der Waals surface area contributed by atoms with Gasteiger partial charge in [0.15, 0.2) is 0 Å². The van der Waals surface area contributed by atoms with Gasteiger partial charge in [0.05, 0.1) is 11.1 Å².